The molecular formula is C21H24N4O4S. The van der Waals surface area contributed by atoms with Crippen LogP contribution in [0.3, 0.4) is 0 Å². The highest BCUT2D eigenvalue weighted by Gasteiger charge is 2.42. The van der Waals surface area contributed by atoms with Crippen molar-refractivity contribution in [1.82, 2.24) is 18.6 Å². The molecule has 1 N–H and O–H groups in total. The molecule has 1 heterocycles. The van der Waals surface area contributed by atoms with Gasteiger partial charge in [0.25, 0.3) is 0 Å². The summed E-state index contributed by atoms with van der Waals surface area (Å²) < 4.78 is 32.0. The molecule has 0 spiro atoms. The van der Waals surface area contributed by atoms with E-state index in [-0.39, 0.29) is 12.0 Å². The van der Waals surface area contributed by atoms with Crippen molar-refractivity contribution in [2.24, 2.45) is 0 Å². The number of ether oxygens (including phenoxy) is 1. The maximum absolute atomic E-state index is 12.3. The van der Waals surface area contributed by atoms with E-state index in [2.05, 4.69) is 10.3 Å². The van der Waals surface area contributed by atoms with Crippen LogP contribution in [0.5, 0.6) is 0 Å². The SMILES string of the molecule is C[C@@H](OC(=O)N[C@H]1C[C@@H]1c1cn(S(=O)(=O)N(C)C)cn1)c1ccc2ccccc2c1. The van der Waals surface area contributed by atoms with Gasteiger partial charge in [-0.2, -0.15) is 12.7 Å². The van der Waals surface area contributed by atoms with Crippen molar-refractivity contribution in [3.8, 4) is 0 Å². The number of benzene rings is 2. The molecule has 30 heavy (non-hydrogen) atoms. The molecular weight excluding hydrogens is 404 g/mol. The van der Waals surface area contributed by atoms with Crippen LogP contribution in [0.1, 0.15) is 36.6 Å². The fraction of sp³-hybridized carbons (Fsp3) is 0.333. The Labute approximate surface area is 175 Å². The molecule has 0 aliphatic heterocycles. The van der Waals surface area contributed by atoms with Crippen molar-refractivity contribution in [1.29, 1.82) is 0 Å². The van der Waals surface area contributed by atoms with Crippen LogP contribution in [0.25, 0.3) is 10.8 Å². The summed E-state index contributed by atoms with van der Waals surface area (Å²) in [5.74, 6) is -0.0212. The lowest BCUT2D eigenvalue weighted by Gasteiger charge is -2.15. The summed E-state index contributed by atoms with van der Waals surface area (Å²) in [5, 5.41) is 5.07. The van der Waals surface area contributed by atoms with Crippen molar-refractivity contribution >= 4 is 27.1 Å². The fourth-order valence-corrected chi connectivity index (χ4v) is 4.17. The van der Waals surface area contributed by atoms with Gasteiger partial charge in [-0.1, -0.05) is 36.4 Å². The number of nitrogens with zero attached hydrogens (tertiary/aromatic N) is 3. The van der Waals surface area contributed by atoms with E-state index < -0.39 is 22.4 Å². The number of hydrogen-bond acceptors (Lipinski definition) is 5. The number of carbonyl (C=O) groups is 1. The molecule has 1 fully saturated rings. The molecule has 0 unspecified atom stereocenters. The van der Waals surface area contributed by atoms with Crippen molar-refractivity contribution in [2.75, 3.05) is 14.1 Å². The number of fused-ring (bicyclic) bond motifs is 1. The van der Waals surface area contributed by atoms with Crippen molar-refractivity contribution in [3.05, 3.63) is 66.2 Å². The first-order valence-corrected chi connectivity index (χ1v) is 11.1. The Morgan fingerprint density at radius 2 is 1.97 bits per heavy atom. The largest absolute Gasteiger partial charge is 0.442 e. The first-order chi connectivity index (χ1) is 14.3. The Balaban J connectivity index is 1.34. The zero-order chi connectivity index (χ0) is 21.5. The minimum atomic E-state index is -3.59. The fourth-order valence-electron chi connectivity index (χ4n) is 3.38. The maximum atomic E-state index is 12.3. The molecule has 3 aromatic rings. The Bertz CT molecular complexity index is 1190. The second kappa shape index (κ2) is 7.73. The van der Waals surface area contributed by atoms with Gasteiger partial charge < -0.3 is 10.1 Å². The van der Waals surface area contributed by atoms with Crippen LogP contribution >= 0.6 is 0 Å². The summed E-state index contributed by atoms with van der Waals surface area (Å²) in [6.45, 7) is 1.84. The van der Waals surface area contributed by atoms with E-state index in [4.69, 9.17) is 4.74 Å². The molecule has 0 saturated heterocycles. The Kier molecular flexibility index (Phi) is 5.25. The molecule has 9 heteroatoms. The van der Waals surface area contributed by atoms with E-state index >= 15 is 0 Å². The number of imidazole rings is 1. The van der Waals surface area contributed by atoms with E-state index in [1.165, 1.54) is 26.6 Å². The monoisotopic (exact) mass is 428 g/mol. The van der Waals surface area contributed by atoms with Gasteiger partial charge in [0.1, 0.15) is 12.4 Å². The second-order valence-electron chi connectivity index (χ2n) is 7.67. The molecule has 1 aliphatic rings. The number of nitrogens with one attached hydrogen (secondary N) is 1. The zero-order valence-electron chi connectivity index (χ0n) is 17.0. The predicted molar refractivity (Wildman–Crippen MR) is 113 cm³/mol. The predicted octanol–water partition coefficient (Wildman–Crippen LogP) is 3.03. The lowest BCUT2D eigenvalue weighted by Crippen LogP contribution is -2.28. The van der Waals surface area contributed by atoms with Crippen molar-refractivity contribution in [2.45, 2.75) is 31.4 Å². The quantitative estimate of drug-likeness (QED) is 0.651. The number of hydrogen-bond donors (Lipinski definition) is 1. The molecule has 3 atom stereocenters. The Morgan fingerprint density at radius 3 is 2.70 bits per heavy atom. The molecule has 0 bridgehead atoms. The Hall–Kier alpha value is -2.91. The van der Waals surface area contributed by atoms with Gasteiger partial charge in [0.15, 0.2) is 0 Å². The van der Waals surface area contributed by atoms with Gasteiger partial charge in [-0.25, -0.2) is 13.8 Å². The highest BCUT2D eigenvalue weighted by molar-refractivity contribution is 7.87. The first kappa shape index (κ1) is 20.4. The van der Waals surface area contributed by atoms with Gasteiger partial charge in [0.05, 0.1) is 5.69 Å². The number of rotatable bonds is 6. The van der Waals surface area contributed by atoms with Crippen LogP contribution in [0.2, 0.25) is 0 Å². The number of alkyl carbamates (subject to hydrolysis) is 1. The highest BCUT2D eigenvalue weighted by Crippen LogP contribution is 2.40. The minimum Gasteiger partial charge on any atom is -0.442 e. The van der Waals surface area contributed by atoms with E-state index in [1.807, 2.05) is 49.4 Å². The highest BCUT2D eigenvalue weighted by atomic mass is 32.2. The van der Waals surface area contributed by atoms with E-state index in [1.54, 1.807) is 0 Å². The number of amides is 1. The smallest absolute Gasteiger partial charge is 0.407 e. The number of aromatic nitrogens is 2. The summed E-state index contributed by atoms with van der Waals surface area (Å²) in [7, 11) is -0.666. The summed E-state index contributed by atoms with van der Waals surface area (Å²) in [5.41, 5.74) is 1.55. The van der Waals surface area contributed by atoms with Crippen LogP contribution in [0, 0.1) is 0 Å². The topological polar surface area (TPSA) is 93.5 Å². The average Bonchev–Trinajstić information content (AvgIpc) is 3.28. The summed E-state index contributed by atoms with van der Waals surface area (Å²) in [4.78, 5) is 16.5. The van der Waals surface area contributed by atoms with E-state index in [0.717, 1.165) is 24.6 Å². The first-order valence-electron chi connectivity index (χ1n) is 9.68. The summed E-state index contributed by atoms with van der Waals surface area (Å²) >= 11 is 0. The third-order valence-corrected chi connectivity index (χ3v) is 6.96. The molecule has 1 amide bonds. The lowest BCUT2D eigenvalue weighted by molar-refractivity contribution is 0.106. The zero-order valence-corrected chi connectivity index (χ0v) is 17.8. The lowest BCUT2D eigenvalue weighted by atomic mass is 10.0. The molecule has 1 aliphatic carbocycles. The maximum Gasteiger partial charge on any atom is 0.407 e. The average molecular weight is 429 g/mol. The van der Waals surface area contributed by atoms with Gasteiger partial charge in [-0.05, 0) is 35.7 Å². The summed E-state index contributed by atoms with van der Waals surface area (Å²) in [6, 6.07) is 13.9. The van der Waals surface area contributed by atoms with Crippen LogP contribution in [-0.2, 0) is 14.9 Å². The second-order valence-corrected chi connectivity index (χ2v) is 9.71. The molecule has 158 valence electrons. The van der Waals surface area contributed by atoms with Gasteiger partial charge in [-0.3, -0.25) is 0 Å². The molecule has 1 aromatic heterocycles. The normalized spacial score (nSPS) is 19.6. The van der Waals surface area contributed by atoms with Crippen LogP contribution < -0.4 is 5.32 Å². The van der Waals surface area contributed by atoms with Crippen LogP contribution in [-0.4, -0.2) is 47.9 Å². The molecule has 0 radical (unpaired) electrons. The molecule has 4 rings (SSSR count). The van der Waals surface area contributed by atoms with Gasteiger partial charge in [0.2, 0.25) is 0 Å². The third kappa shape index (κ3) is 4.03. The molecule has 2 aromatic carbocycles. The molecule has 1 saturated carbocycles. The van der Waals surface area contributed by atoms with Gasteiger partial charge in [0, 0.05) is 32.3 Å². The van der Waals surface area contributed by atoms with E-state index in [9.17, 15) is 13.2 Å². The number of carbonyl (C=O) groups excluding carboxylic acids is 1. The Morgan fingerprint density at radius 1 is 1.23 bits per heavy atom. The van der Waals surface area contributed by atoms with Crippen molar-refractivity contribution in [3.63, 3.8) is 0 Å². The standard InChI is InChI=1S/C21H24N4O4S/c1-14(16-9-8-15-6-4-5-7-17(15)10-16)29-21(26)23-19-11-18(19)20-12-25(13-22-20)30(27,28)24(2)3/h4-10,12-14,18-19H,11H2,1-3H3,(H,23,26)/t14-,18+,19+/m1/s1. The van der Waals surface area contributed by atoms with Crippen molar-refractivity contribution < 1.29 is 17.9 Å². The van der Waals surface area contributed by atoms with Gasteiger partial charge in [-0.15, -0.1) is 0 Å². The third-order valence-electron chi connectivity index (χ3n) is 5.31. The summed E-state index contributed by atoms with van der Waals surface area (Å²) in [6.07, 6.45) is 2.57. The van der Waals surface area contributed by atoms with Gasteiger partial charge >= 0.3 is 16.3 Å². The van der Waals surface area contributed by atoms with E-state index in [0.29, 0.717) is 12.1 Å². The molecule has 8 nitrogen and oxygen atoms in total. The minimum absolute atomic E-state index is 0.0212. The van der Waals surface area contributed by atoms with Crippen LogP contribution in [0.4, 0.5) is 4.79 Å². The van der Waals surface area contributed by atoms with Crippen LogP contribution in [0.15, 0.2) is 55.0 Å².